The van der Waals surface area contributed by atoms with E-state index in [9.17, 15) is 18.3 Å². The van der Waals surface area contributed by atoms with Crippen molar-refractivity contribution in [2.45, 2.75) is 4.90 Å². The van der Waals surface area contributed by atoms with E-state index >= 15 is 0 Å². The second kappa shape index (κ2) is 6.08. The highest BCUT2D eigenvalue weighted by molar-refractivity contribution is 9.10. The quantitative estimate of drug-likeness (QED) is 0.601. The predicted molar refractivity (Wildman–Crippen MR) is 106 cm³/mol. The summed E-state index contributed by atoms with van der Waals surface area (Å²) in [5, 5.41) is 15.8. The molecule has 27 heavy (non-hydrogen) atoms. The summed E-state index contributed by atoms with van der Waals surface area (Å²) >= 11 is 4.53. The maximum absolute atomic E-state index is 13.2. The van der Waals surface area contributed by atoms with Gasteiger partial charge in [0, 0.05) is 41.0 Å². The number of thiazole rings is 1. The van der Waals surface area contributed by atoms with E-state index in [-0.39, 0.29) is 16.3 Å². The molecule has 0 bridgehead atoms. The van der Waals surface area contributed by atoms with Crippen LogP contribution in [0.4, 0.5) is 5.13 Å². The molecule has 1 aliphatic rings. The van der Waals surface area contributed by atoms with Crippen molar-refractivity contribution in [2.75, 3.05) is 12.4 Å². The highest BCUT2D eigenvalue weighted by atomic mass is 79.9. The second-order valence-electron chi connectivity index (χ2n) is 5.86. The summed E-state index contributed by atoms with van der Waals surface area (Å²) in [6.07, 6.45) is 1.51. The minimum absolute atomic E-state index is 0.0351. The van der Waals surface area contributed by atoms with Crippen LogP contribution >= 0.6 is 27.3 Å². The fourth-order valence-electron chi connectivity index (χ4n) is 3.12. The van der Waals surface area contributed by atoms with Crippen LogP contribution in [0, 0.1) is 0 Å². The summed E-state index contributed by atoms with van der Waals surface area (Å²) in [6, 6.07) is 5.20. The third-order valence-corrected chi connectivity index (χ3v) is 7.38. The Bertz CT molecular complexity index is 1230. The van der Waals surface area contributed by atoms with Gasteiger partial charge in [-0.05, 0) is 18.2 Å². The molecule has 11 heteroatoms. The smallest absolute Gasteiger partial charge is 0.278 e. The van der Waals surface area contributed by atoms with Crippen LogP contribution in [0.3, 0.4) is 0 Å². The molecule has 1 amide bonds. The third kappa shape index (κ3) is 2.57. The molecular weight excluding hydrogens is 456 g/mol. The summed E-state index contributed by atoms with van der Waals surface area (Å²) in [6.45, 7) is 0. The van der Waals surface area contributed by atoms with E-state index in [1.165, 1.54) is 24.6 Å². The molecule has 0 radical (unpaired) electrons. The van der Waals surface area contributed by atoms with Crippen molar-refractivity contribution in [1.29, 1.82) is 0 Å². The van der Waals surface area contributed by atoms with Gasteiger partial charge in [-0.2, -0.15) is 0 Å². The summed E-state index contributed by atoms with van der Waals surface area (Å²) < 4.78 is 29.4. The number of carbonyl (C=O) groups is 1. The van der Waals surface area contributed by atoms with Crippen molar-refractivity contribution < 1.29 is 18.3 Å². The molecule has 1 aliphatic heterocycles. The number of likely N-dealkylation sites (N-methyl/N-ethyl adjacent to an activating group) is 1. The van der Waals surface area contributed by atoms with Crippen LogP contribution < -0.4 is 5.32 Å². The number of aliphatic hydroxyl groups excluding tert-OH is 1. The fraction of sp³-hybridized carbons (Fsp3) is 0.125. The lowest BCUT2D eigenvalue weighted by Crippen LogP contribution is -2.37. The van der Waals surface area contributed by atoms with E-state index in [1.54, 1.807) is 35.2 Å². The lowest BCUT2D eigenvalue weighted by Gasteiger charge is -2.27. The molecule has 4 rings (SSSR count). The monoisotopic (exact) mass is 468 g/mol. The molecule has 0 spiro atoms. The molecule has 3 aromatic rings. The van der Waals surface area contributed by atoms with Gasteiger partial charge in [-0.25, -0.2) is 13.4 Å². The van der Waals surface area contributed by atoms with Crippen LogP contribution in [-0.4, -0.2) is 40.3 Å². The third-order valence-electron chi connectivity index (χ3n) is 4.36. The topological polar surface area (TPSA) is 105 Å². The standard InChI is InChI=1S/C16H13BrN4O4S2/c1-20-10-4-3-8(17)7-9(10)14-11(20)13(22)12(21(2)27(14,24)25)15(23)19-16-18-5-6-26-16/h3-7,22H,1-2H3,(H,18,19,23). The molecule has 1 aromatic carbocycles. The van der Waals surface area contributed by atoms with E-state index in [2.05, 4.69) is 26.2 Å². The van der Waals surface area contributed by atoms with Gasteiger partial charge in [-0.15, -0.1) is 11.3 Å². The Morgan fingerprint density at radius 1 is 1.33 bits per heavy atom. The van der Waals surface area contributed by atoms with Crippen molar-refractivity contribution in [3.63, 3.8) is 0 Å². The molecule has 0 unspecified atom stereocenters. The number of halogens is 1. The van der Waals surface area contributed by atoms with Crippen molar-refractivity contribution >= 4 is 65.0 Å². The normalized spacial score (nSPS) is 15.9. The first kappa shape index (κ1) is 18.0. The van der Waals surface area contributed by atoms with E-state index in [1.807, 2.05) is 0 Å². The van der Waals surface area contributed by atoms with E-state index < -0.39 is 21.7 Å². The van der Waals surface area contributed by atoms with Crippen LogP contribution in [0.25, 0.3) is 16.7 Å². The highest BCUT2D eigenvalue weighted by Crippen LogP contribution is 2.41. The molecule has 0 atom stereocenters. The Morgan fingerprint density at radius 2 is 2.07 bits per heavy atom. The van der Waals surface area contributed by atoms with E-state index in [0.717, 1.165) is 4.31 Å². The molecule has 3 heterocycles. The van der Waals surface area contributed by atoms with Crippen LogP contribution in [0.15, 0.2) is 44.8 Å². The van der Waals surface area contributed by atoms with E-state index in [0.29, 0.717) is 20.5 Å². The lowest BCUT2D eigenvalue weighted by molar-refractivity contribution is -0.113. The van der Waals surface area contributed by atoms with Crippen LogP contribution in [0.1, 0.15) is 5.69 Å². The Kier molecular flexibility index (Phi) is 4.05. The molecule has 2 aromatic heterocycles. The summed E-state index contributed by atoms with van der Waals surface area (Å²) in [5.74, 6) is -1.17. The first-order chi connectivity index (χ1) is 12.7. The van der Waals surface area contributed by atoms with Gasteiger partial charge in [0.25, 0.3) is 15.9 Å². The number of carbonyl (C=O) groups excluding carboxylic acids is 1. The predicted octanol–water partition coefficient (Wildman–Crippen LogP) is 2.90. The number of hydrogen-bond donors (Lipinski definition) is 2. The minimum Gasteiger partial charge on any atom is -0.504 e. The number of fused-ring (bicyclic) bond motifs is 3. The first-order valence-corrected chi connectivity index (χ1v) is 10.8. The average molecular weight is 469 g/mol. The Labute approximate surface area is 166 Å². The number of amides is 1. The van der Waals surface area contributed by atoms with Gasteiger partial charge < -0.3 is 9.67 Å². The number of benzene rings is 1. The number of nitrogens with one attached hydrogen (secondary N) is 1. The zero-order chi connectivity index (χ0) is 19.5. The van der Waals surface area contributed by atoms with E-state index in [4.69, 9.17) is 0 Å². The van der Waals surface area contributed by atoms with Crippen molar-refractivity contribution in [2.24, 2.45) is 7.05 Å². The molecular formula is C16H13BrN4O4S2. The number of hydrogen-bond acceptors (Lipinski definition) is 6. The molecule has 0 saturated carbocycles. The van der Waals surface area contributed by atoms with Crippen LogP contribution in [0.5, 0.6) is 0 Å². The Balaban J connectivity index is 1.99. The molecule has 0 aliphatic carbocycles. The number of nitrogens with zero attached hydrogens (tertiary/aromatic N) is 3. The number of rotatable bonds is 2. The number of aromatic nitrogens is 2. The molecule has 140 valence electrons. The molecule has 8 nitrogen and oxygen atoms in total. The van der Waals surface area contributed by atoms with Crippen molar-refractivity contribution in [3.8, 4) is 0 Å². The zero-order valence-corrected chi connectivity index (χ0v) is 17.3. The zero-order valence-electron chi connectivity index (χ0n) is 14.1. The molecule has 2 N–H and O–H groups in total. The van der Waals surface area contributed by atoms with Crippen molar-refractivity contribution in [1.82, 2.24) is 13.9 Å². The maximum Gasteiger partial charge on any atom is 0.278 e. The van der Waals surface area contributed by atoms with Gasteiger partial charge in [0.15, 0.2) is 16.6 Å². The lowest BCUT2D eigenvalue weighted by atomic mass is 10.2. The summed E-state index contributed by atoms with van der Waals surface area (Å²) in [5.41, 5.74) is 0.335. The average Bonchev–Trinajstić information content (AvgIpc) is 3.20. The van der Waals surface area contributed by atoms with Gasteiger partial charge in [-0.3, -0.25) is 14.4 Å². The first-order valence-electron chi connectivity index (χ1n) is 7.64. The summed E-state index contributed by atoms with van der Waals surface area (Å²) in [4.78, 5) is 16.6. The van der Waals surface area contributed by atoms with Gasteiger partial charge in [-0.1, -0.05) is 15.9 Å². The van der Waals surface area contributed by atoms with Gasteiger partial charge in [0.1, 0.15) is 10.6 Å². The van der Waals surface area contributed by atoms with Gasteiger partial charge in [0.05, 0.1) is 0 Å². The van der Waals surface area contributed by atoms with Crippen LogP contribution in [-0.2, 0) is 21.9 Å². The maximum atomic E-state index is 13.2. The Hall–Kier alpha value is -2.37. The highest BCUT2D eigenvalue weighted by Gasteiger charge is 2.42. The van der Waals surface area contributed by atoms with Crippen LogP contribution in [0.2, 0.25) is 0 Å². The minimum atomic E-state index is -4.05. The number of aliphatic hydroxyl groups is 1. The summed E-state index contributed by atoms with van der Waals surface area (Å²) in [7, 11) is -1.17. The Morgan fingerprint density at radius 3 is 2.74 bits per heavy atom. The number of aryl methyl sites for hydroxylation is 1. The fourth-order valence-corrected chi connectivity index (χ4v) is 5.61. The van der Waals surface area contributed by atoms with Gasteiger partial charge in [0.2, 0.25) is 0 Å². The SMILES string of the molecule is CN1C(C(=O)Nc2nccs2)=C(O)c2c(c3cc(Br)ccc3n2C)S1(=O)=O. The second-order valence-corrected chi connectivity index (χ2v) is 9.58. The molecule has 0 saturated heterocycles. The van der Waals surface area contributed by atoms with Gasteiger partial charge >= 0.3 is 0 Å². The largest absolute Gasteiger partial charge is 0.504 e. The number of sulfonamides is 1. The molecule has 0 fully saturated rings. The number of anilines is 1. The van der Waals surface area contributed by atoms with Crippen molar-refractivity contribution in [3.05, 3.63) is 45.6 Å².